The lowest BCUT2D eigenvalue weighted by Crippen LogP contribution is -2.52. The summed E-state index contributed by atoms with van der Waals surface area (Å²) in [6.45, 7) is 6.56. The molecule has 0 aliphatic carbocycles. The van der Waals surface area contributed by atoms with E-state index in [9.17, 15) is 4.79 Å². The van der Waals surface area contributed by atoms with Crippen LogP contribution in [-0.2, 0) is 40.8 Å². The van der Waals surface area contributed by atoms with Gasteiger partial charge in [-0.2, -0.15) is 9.10 Å². The molecule has 8 rings (SSSR count). The second kappa shape index (κ2) is 18.0. The number of methoxy groups -OCH3 is 3. The van der Waals surface area contributed by atoms with Gasteiger partial charge in [-0.15, -0.1) is 10.2 Å². The summed E-state index contributed by atoms with van der Waals surface area (Å²) in [6, 6.07) is 31.5. The lowest BCUT2D eigenvalue weighted by molar-refractivity contribution is -0.000972. The number of carbonyl (C=O) groups is 1. The minimum atomic E-state index is -4.45. The Morgan fingerprint density at radius 2 is 1.39 bits per heavy atom. The van der Waals surface area contributed by atoms with Crippen LogP contribution < -0.4 is 19.9 Å². The van der Waals surface area contributed by atoms with Crippen LogP contribution in [0.2, 0.25) is 0 Å². The number of imidazole rings is 1. The van der Waals surface area contributed by atoms with E-state index in [4.69, 9.17) is 29.8 Å². The van der Waals surface area contributed by atoms with Crippen molar-refractivity contribution < 1.29 is 32.2 Å². The van der Waals surface area contributed by atoms with E-state index in [1.807, 2.05) is 99.6 Å². The second-order valence-electron chi connectivity index (χ2n) is 16.7. The molecule has 16 nitrogen and oxygen atoms in total. The van der Waals surface area contributed by atoms with E-state index >= 15 is 8.42 Å². The van der Waals surface area contributed by atoms with Gasteiger partial charge in [-0.05, 0) is 120 Å². The Labute approximate surface area is 372 Å². The summed E-state index contributed by atoms with van der Waals surface area (Å²) in [5.41, 5.74) is 11.2. The molecule has 0 bridgehead atoms. The standard InChI is InChI=1S/C47H51N9O7S/c1-47(2,3)63-46(57)54-25-33(26-54)23-35-13-21-39(34-14-22-40-41(24-34)50-45(48)49-40)42(44-51-53-56(52-44)29-32-11-19-38(62-6)20-12-32)43(35)64(58,59)55(27-30-7-15-36(60-4)16-8-30)28-31-9-17-37(61-5)18-10-31/h7-22,24,33H,23,25-29H2,1-6H3,(H3,48,49,50). The number of tetrazole rings is 1. The van der Waals surface area contributed by atoms with Crippen LogP contribution in [0, 0.1) is 5.92 Å². The lowest BCUT2D eigenvalue weighted by Gasteiger charge is -2.40. The Balaban J connectivity index is 1.30. The van der Waals surface area contributed by atoms with Crippen LogP contribution in [-0.4, -0.2) is 93.9 Å². The number of ether oxygens (including phenoxy) is 4. The topological polar surface area (TPSA) is 193 Å². The fourth-order valence-corrected chi connectivity index (χ4v) is 9.59. The molecule has 2 aromatic heterocycles. The van der Waals surface area contributed by atoms with Crippen molar-refractivity contribution >= 4 is 33.1 Å². The average Bonchev–Trinajstić information content (AvgIpc) is 3.89. The zero-order valence-corrected chi connectivity index (χ0v) is 37.4. The molecule has 5 aromatic carbocycles. The molecule has 1 fully saturated rings. The van der Waals surface area contributed by atoms with Gasteiger partial charge < -0.3 is 34.6 Å². The number of carbonyl (C=O) groups excluding carboxylic acids is 1. The van der Waals surface area contributed by atoms with Crippen LogP contribution >= 0.6 is 0 Å². The van der Waals surface area contributed by atoms with Crippen LogP contribution in [0.25, 0.3) is 33.5 Å². The first-order chi connectivity index (χ1) is 30.7. The highest BCUT2D eigenvalue weighted by atomic mass is 32.2. The number of aromatic amines is 1. The minimum absolute atomic E-state index is 0.0221. The molecule has 0 radical (unpaired) electrons. The molecule has 0 unspecified atom stereocenters. The van der Waals surface area contributed by atoms with Gasteiger partial charge in [0.25, 0.3) is 0 Å². The van der Waals surface area contributed by atoms with Crippen LogP contribution in [0.1, 0.15) is 43.0 Å². The highest BCUT2D eigenvalue weighted by molar-refractivity contribution is 7.89. The third kappa shape index (κ3) is 9.65. The molecular weight excluding hydrogens is 835 g/mol. The second-order valence-corrected chi connectivity index (χ2v) is 18.6. The molecule has 1 amide bonds. The van der Waals surface area contributed by atoms with Gasteiger partial charge in [-0.3, -0.25) is 0 Å². The van der Waals surface area contributed by atoms with Crippen molar-refractivity contribution in [1.82, 2.24) is 39.4 Å². The molecule has 3 heterocycles. The predicted molar refractivity (Wildman–Crippen MR) is 242 cm³/mol. The van der Waals surface area contributed by atoms with Gasteiger partial charge in [0.05, 0.1) is 49.4 Å². The monoisotopic (exact) mass is 885 g/mol. The fraction of sp³-hybridized carbons (Fsp3) is 0.298. The Morgan fingerprint density at radius 1 is 0.812 bits per heavy atom. The van der Waals surface area contributed by atoms with E-state index in [1.165, 1.54) is 9.10 Å². The molecule has 332 valence electrons. The number of rotatable bonds is 15. The van der Waals surface area contributed by atoms with Crippen molar-refractivity contribution in [2.45, 2.75) is 57.3 Å². The summed E-state index contributed by atoms with van der Waals surface area (Å²) in [5, 5.41) is 13.9. The molecule has 1 aliphatic heterocycles. The van der Waals surface area contributed by atoms with E-state index in [-0.39, 0.29) is 47.8 Å². The molecule has 64 heavy (non-hydrogen) atoms. The minimum Gasteiger partial charge on any atom is -0.497 e. The lowest BCUT2D eigenvalue weighted by atomic mass is 9.89. The molecule has 7 aromatic rings. The molecule has 0 saturated carbocycles. The third-order valence-electron chi connectivity index (χ3n) is 11.0. The van der Waals surface area contributed by atoms with Crippen molar-refractivity contribution in [1.29, 1.82) is 0 Å². The first kappa shape index (κ1) is 43.7. The predicted octanol–water partition coefficient (Wildman–Crippen LogP) is 7.34. The van der Waals surface area contributed by atoms with E-state index in [0.717, 1.165) is 16.7 Å². The number of amides is 1. The molecule has 1 saturated heterocycles. The van der Waals surface area contributed by atoms with Crippen LogP contribution in [0.4, 0.5) is 10.7 Å². The number of nitrogens with zero attached hydrogens (tertiary/aromatic N) is 7. The van der Waals surface area contributed by atoms with Gasteiger partial charge in [0, 0.05) is 26.2 Å². The van der Waals surface area contributed by atoms with Crippen LogP contribution in [0.15, 0.2) is 108 Å². The zero-order valence-electron chi connectivity index (χ0n) is 36.6. The molecule has 0 atom stereocenters. The SMILES string of the molecule is COc1ccc(CN(Cc2ccc(OC)cc2)S(=O)(=O)c2c(CC3CN(C(=O)OC(C)(C)C)C3)ccc(-c3ccc4nc(N)[nH]c4c3)c2-c2nnn(Cc3ccc(OC)cc3)n2)cc1. The summed E-state index contributed by atoms with van der Waals surface area (Å²) in [7, 11) is 0.319. The van der Waals surface area contributed by atoms with Gasteiger partial charge in [0.15, 0.2) is 5.95 Å². The van der Waals surface area contributed by atoms with Crippen LogP contribution in [0.5, 0.6) is 17.2 Å². The van der Waals surface area contributed by atoms with Crippen molar-refractivity contribution in [3.05, 3.63) is 125 Å². The number of sulfonamides is 1. The average molecular weight is 886 g/mol. The van der Waals surface area contributed by atoms with Crippen molar-refractivity contribution in [2.75, 3.05) is 40.2 Å². The molecule has 3 N–H and O–H groups in total. The zero-order chi connectivity index (χ0) is 45.2. The quantitative estimate of drug-likeness (QED) is 0.104. The Morgan fingerprint density at radius 3 is 1.95 bits per heavy atom. The number of nitrogen functional groups attached to an aromatic ring is 1. The molecular formula is C47H51N9O7S. The van der Waals surface area contributed by atoms with Crippen LogP contribution in [0.3, 0.4) is 0 Å². The van der Waals surface area contributed by atoms with E-state index < -0.39 is 21.7 Å². The number of nitrogens with two attached hydrogens (primary N) is 1. The molecule has 0 spiro atoms. The van der Waals surface area contributed by atoms with Crippen molar-refractivity contribution in [2.24, 2.45) is 5.92 Å². The smallest absolute Gasteiger partial charge is 0.410 e. The summed E-state index contributed by atoms with van der Waals surface area (Å²) < 4.78 is 55.4. The molecule has 1 aliphatic rings. The summed E-state index contributed by atoms with van der Waals surface area (Å²) in [6.07, 6.45) is -0.0822. The number of fused-ring (bicyclic) bond motifs is 1. The normalized spacial score (nSPS) is 13.3. The number of aromatic nitrogens is 6. The Bertz CT molecular complexity index is 2820. The maximum atomic E-state index is 16.0. The molecule has 17 heteroatoms. The number of nitrogens with one attached hydrogen (secondary N) is 1. The number of H-pyrrole nitrogens is 1. The van der Waals surface area contributed by atoms with Gasteiger partial charge in [-0.1, -0.05) is 54.6 Å². The van der Waals surface area contributed by atoms with E-state index in [0.29, 0.717) is 64.5 Å². The van der Waals surface area contributed by atoms with E-state index in [2.05, 4.69) is 20.3 Å². The number of hydrogen-bond donors (Lipinski definition) is 2. The first-order valence-corrected chi connectivity index (χ1v) is 22.2. The van der Waals surface area contributed by atoms with Gasteiger partial charge >= 0.3 is 6.09 Å². The third-order valence-corrected chi connectivity index (χ3v) is 12.9. The number of likely N-dealkylation sites (tertiary alicyclic amines) is 1. The number of anilines is 1. The highest BCUT2D eigenvalue weighted by Gasteiger charge is 2.38. The Hall–Kier alpha value is -6.98. The maximum Gasteiger partial charge on any atom is 0.410 e. The van der Waals surface area contributed by atoms with E-state index in [1.54, 1.807) is 50.5 Å². The van der Waals surface area contributed by atoms with Crippen molar-refractivity contribution in [3.8, 4) is 39.8 Å². The number of hydrogen-bond acceptors (Lipinski definition) is 12. The first-order valence-electron chi connectivity index (χ1n) is 20.8. The fourth-order valence-electron chi connectivity index (χ4n) is 7.75. The summed E-state index contributed by atoms with van der Waals surface area (Å²) in [4.78, 5) is 23.6. The highest BCUT2D eigenvalue weighted by Crippen LogP contribution is 2.42. The summed E-state index contributed by atoms with van der Waals surface area (Å²) in [5.74, 6) is 2.30. The summed E-state index contributed by atoms with van der Waals surface area (Å²) >= 11 is 0. The largest absolute Gasteiger partial charge is 0.497 e. The maximum absolute atomic E-state index is 16.0. The number of benzene rings is 5. The van der Waals surface area contributed by atoms with Gasteiger partial charge in [0.1, 0.15) is 22.8 Å². The van der Waals surface area contributed by atoms with Crippen molar-refractivity contribution in [3.63, 3.8) is 0 Å². The van der Waals surface area contributed by atoms with Gasteiger partial charge in [0.2, 0.25) is 15.8 Å². The Kier molecular flexibility index (Phi) is 12.3. The van der Waals surface area contributed by atoms with Gasteiger partial charge in [-0.25, -0.2) is 18.2 Å².